The summed E-state index contributed by atoms with van der Waals surface area (Å²) in [6.07, 6.45) is -3.96. The zero-order valence-corrected chi connectivity index (χ0v) is 20.6. The first-order valence-electron chi connectivity index (χ1n) is 11.7. The number of hydrogen-bond acceptors (Lipinski definition) is 6. The van der Waals surface area contributed by atoms with Gasteiger partial charge in [-0.2, -0.15) is 13.2 Å². The number of pyridine rings is 1. The predicted molar refractivity (Wildman–Crippen MR) is 140 cm³/mol. The third kappa shape index (κ3) is 5.57. The average molecular weight is 536 g/mol. The van der Waals surface area contributed by atoms with Gasteiger partial charge in [0, 0.05) is 27.0 Å². The fraction of sp³-hybridized carbons (Fsp3) is 0.138. The maximum Gasteiger partial charge on any atom is 0.416 e. The normalized spacial score (nSPS) is 11.7. The summed E-state index contributed by atoms with van der Waals surface area (Å²) in [7, 11) is 0. The Hall–Kier alpha value is -4.11. The molecule has 0 spiro atoms. The third-order valence-corrected chi connectivity index (χ3v) is 6.95. The molecule has 0 aliphatic heterocycles. The van der Waals surface area contributed by atoms with Crippen LogP contribution in [-0.2, 0) is 10.9 Å². The SMILES string of the molecule is O=C(OCCCSc1cc(-c2cccc(C(F)(F)F)c2)nc2ccccc12)c1cc2ccccc2oc1=O. The molecule has 5 nitrogen and oxygen atoms in total. The van der Waals surface area contributed by atoms with Gasteiger partial charge in [0.1, 0.15) is 11.1 Å². The van der Waals surface area contributed by atoms with Crippen molar-refractivity contribution in [1.82, 2.24) is 4.98 Å². The van der Waals surface area contributed by atoms with Crippen molar-refractivity contribution in [2.45, 2.75) is 17.5 Å². The van der Waals surface area contributed by atoms with Crippen molar-refractivity contribution < 1.29 is 27.1 Å². The number of carbonyl (C=O) groups excluding carboxylic acids is 1. The smallest absolute Gasteiger partial charge is 0.416 e. The Morgan fingerprint density at radius 1 is 0.947 bits per heavy atom. The summed E-state index contributed by atoms with van der Waals surface area (Å²) in [5.41, 5.74) is 0.207. The number of rotatable bonds is 7. The van der Waals surface area contributed by atoms with Crippen LogP contribution in [0.25, 0.3) is 33.1 Å². The minimum Gasteiger partial charge on any atom is -0.462 e. The van der Waals surface area contributed by atoms with E-state index in [1.165, 1.54) is 23.9 Å². The fourth-order valence-corrected chi connectivity index (χ4v) is 4.96. The molecule has 5 rings (SSSR count). The van der Waals surface area contributed by atoms with E-state index in [2.05, 4.69) is 4.98 Å². The van der Waals surface area contributed by atoms with Gasteiger partial charge in [-0.3, -0.25) is 0 Å². The number of esters is 1. The molecule has 2 heterocycles. The highest BCUT2D eigenvalue weighted by atomic mass is 32.2. The molecule has 0 radical (unpaired) electrons. The standard InChI is InChI=1S/C29H20F3NO4S/c30-29(31,32)20-9-5-8-18(15-20)24-17-26(21-10-2-3-11-23(21)33-24)38-14-6-13-36-27(34)22-16-19-7-1-4-12-25(19)37-28(22)35/h1-5,7-12,15-17H,6,13-14H2. The van der Waals surface area contributed by atoms with E-state index in [-0.39, 0.29) is 12.2 Å². The van der Waals surface area contributed by atoms with Crippen LogP contribution in [0.1, 0.15) is 22.3 Å². The van der Waals surface area contributed by atoms with E-state index in [9.17, 15) is 22.8 Å². The lowest BCUT2D eigenvalue weighted by Crippen LogP contribution is -2.17. The summed E-state index contributed by atoms with van der Waals surface area (Å²) >= 11 is 1.49. The largest absolute Gasteiger partial charge is 0.462 e. The Balaban J connectivity index is 1.27. The van der Waals surface area contributed by atoms with Crippen molar-refractivity contribution in [2.24, 2.45) is 0 Å². The Morgan fingerprint density at radius 2 is 1.74 bits per heavy atom. The van der Waals surface area contributed by atoms with Crippen LogP contribution >= 0.6 is 11.8 Å². The highest BCUT2D eigenvalue weighted by Crippen LogP contribution is 2.35. The molecule has 2 aromatic heterocycles. The second-order valence-corrected chi connectivity index (χ2v) is 9.56. The summed E-state index contributed by atoms with van der Waals surface area (Å²) in [6, 6.07) is 22.6. The topological polar surface area (TPSA) is 69.4 Å². The molecule has 0 saturated carbocycles. The molecule has 0 atom stereocenters. The van der Waals surface area contributed by atoms with Gasteiger partial charge in [-0.15, -0.1) is 11.8 Å². The number of aromatic nitrogens is 1. The Morgan fingerprint density at radius 3 is 2.58 bits per heavy atom. The Labute approximate surface area is 219 Å². The summed E-state index contributed by atoms with van der Waals surface area (Å²) in [5, 5.41) is 1.50. The second-order valence-electron chi connectivity index (χ2n) is 8.42. The van der Waals surface area contributed by atoms with E-state index < -0.39 is 23.3 Å². The van der Waals surface area contributed by atoms with Crippen molar-refractivity contribution >= 4 is 39.6 Å². The molecule has 0 aliphatic carbocycles. The summed E-state index contributed by atoms with van der Waals surface area (Å²) in [6.45, 7) is 0.0849. The lowest BCUT2D eigenvalue weighted by atomic mass is 10.1. The number of carbonyl (C=O) groups is 1. The van der Waals surface area contributed by atoms with Crippen molar-refractivity contribution in [3.63, 3.8) is 0 Å². The van der Waals surface area contributed by atoms with E-state index in [1.54, 1.807) is 36.4 Å². The van der Waals surface area contributed by atoms with E-state index in [0.717, 1.165) is 22.4 Å². The molecular formula is C29H20F3NO4S. The monoisotopic (exact) mass is 535 g/mol. The molecule has 0 bridgehead atoms. The molecule has 5 aromatic rings. The second kappa shape index (κ2) is 10.7. The van der Waals surface area contributed by atoms with Crippen LogP contribution in [0.2, 0.25) is 0 Å². The molecule has 0 fully saturated rings. The van der Waals surface area contributed by atoms with Crippen LogP contribution in [0.4, 0.5) is 13.2 Å². The number of nitrogens with zero attached hydrogens (tertiary/aromatic N) is 1. The average Bonchev–Trinajstić information content (AvgIpc) is 2.91. The number of halogens is 3. The first kappa shape index (κ1) is 25.5. The lowest BCUT2D eigenvalue weighted by Gasteiger charge is -2.12. The van der Waals surface area contributed by atoms with Gasteiger partial charge in [-0.25, -0.2) is 14.6 Å². The number of ether oxygens (including phenoxy) is 1. The van der Waals surface area contributed by atoms with Gasteiger partial charge in [0.2, 0.25) is 0 Å². The maximum atomic E-state index is 13.2. The molecule has 0 amide bonds. The van der Waals surface area contributed by atoms with Crippen molar-refractivity contribution in [2.75, 3.05) is 12.4 Å². The van der Waals surface area contributed by atoms with Gasteiger partial charge in [0.15, 0.2) is 0 Å². The van der Waals surface area contributed by atoms with Gasteiger partial charge in [0.05, 0.1) is 23.4 Å². The van der Waals surface area contributed by atoms with E-state index in [0.29, 0.717) is 39.9 Å². The summed E-state index contributed by atoms with van der Waals surface area (Å²) < 4.78 is 50.2. The predicted octanol–water partition coefficient (Wildman–Crippen LogP) is 7.37. The van der Waals surface area contributed by atoms with Crippen LogP contribution in [0.3, 0.4) is 0 Å². The van der Waals surface area contributed by atoms with Gasteiger partial charge in [0.25, 0.3) is 0 Å². The summed E-state index contributed by atoms with van der Waals surface area (Å²) in [4.78, 5) is 30.0. The molecule has 3 aromatic carbocycles. The molecule has 38 heavy (non-hydrogen) atoms. The third-order valence-electron chi connectivity index (χ3n) is 5.80. The number of para-hydroxylation sites is 2. The highest BCUT2D eigenvalue weighted by molar-refractivity contribution is 7.99. The summed E-state index contributed by atoms with van der Waals surface area (Å²) in [5.74, 6) is -0.189. The molecule has 192 valence electrons. The number of hydrogen-bond donors (Lipinski definition) is 0. The van der Waals surface area contributed by atoms with E-state index >= 15 is 0 Å². The molecule has 0 aliphatic rings. The van der Waals surface area contributed by atoms with Crippen molar-refractivity contribution in [1.29, 1.82) is 0 Å². The quantitative estimate of drug-likeness (QED) is 0.0938. The zero-order chi connectivity index (χ0) is 26.7. The number of fused-ring (bicyclic) bond motifs is 2. The molecule has 0 N–H and O–H groups in total. The first-order chi connectivity index (χ1) is 18.3. The van der Waals surface area contributed by atoms with Gasteiger partial charge >= 0.3 is 17.8 Å². The minimum atomic E-state index is -4.45. The fourth-order valence-electron chi connectivity index (χ4n) is 3.95. The van der Waals surface area contributed by atoms with Crippen molar-refractivity contribution in [3.8, 4) is 11.3 Å². The zero-order valence-electron chi connectivity index (χ0n) is 19.8. The Bertz CT molecular complexity index is 1700. The van der Waals surface area contributed by atoms with Crippen LogP contribution in [0.15, 0.2) is 99.0 Å². The van der Waals surface area contributed by atoms with Crippen LogP contribution < -0.4 is 5.63 Å². The number of thioether (sulfide) groups is 1. The van der Waals surface area contributed by atoms with Gasteiger partial charge in [-0.05, 0) is 42.8 Å². The van der Waals surface area contributed by atoms with E-state index in [4.69, 9.17) is 9.15 Å². The van der Waals surface area contributed by atoms with Crippen molar-refractivity contribution in [3.05, 3.63) is 106 Å². The molecular weight excluding hydrogens is 515 g/mol. The molecule has 0 unspecified atom stereocenters. The van der Waals surface area contributed by atoms with Crippen LogP contribution in [0, 0.1) is 0 Å². The maximum absolute atomic E-state index is 13.2. The molecule has 9 heteroatoms. The highest BCUT2D eigenvalue weighted by Gasteiger charge is 2.30. The number of alkyl halides is 3. The minimum absolute atomic E-state index is 0.0849. The lowest BCUT2D eigenvalue weighted by molar-refractivity contribution is -0.137. The van der Waals surface area contributed by atoms with Gasteiger partial charge < -0.3 is 9.15 Å². The number of benzene rings is 3. The van der Waals surface area contributed by atoms with Crippen LogP contribution in [0.5, 0.6) is 0 Å². The van der Waals surface area contributed by atoms with Crippen LogP contribution in [-0.4, -0.2) is 23.3 Å². The van der Waals surface area contributed by atoms with E-state index in [1.807, 2.05) is 24.3 Å². The molecule has 0 saturated heterocycles. The Kier molecular flexibility index (Phi) is 7.20. The van der Waals surface area contributed by atoms with Gasteiger partial charge in [-0.1, -0.05) is 48.5 Å². The first-order valence-corrected chi connectivity index (χ1v) is 12.7.